The average Bonchev–Trinajstić information content (AvgIpc) is 3.12. The Morgan fingerprint density at radius 2 is 1.95 bits per heavy atom. The Labute approximate surface area is 125 Å². The lowest BCUT2D eigenvalue weighted by Gasteiger charge is -2.27. The molecule has 4 rings (SSSR count). The first kappa shape index (κ1) is 13.3. The van der Waals surface area contributed by atoms with Gasteiger partial charge in [-0.25, -0.2) is 5.43 Å². The van der Waals surface area contributed by atoms with Crippen LogP contribution in [0.5, 0.6) is 0 Å². The van der Waals surface area contributed by atoms with Crippen LogP contribution in [0.25, 0.3) is 0 Å². The van der Waals surface area contributed by atoms with Crippen LogP contribution in [0, 0.1) is 5.92 Å². The molecule has 4 unspecified atom stereocenters. The summed E-state index contributed by atoms with van der Waals surface area (Å²) in [6.07, 6.45) is 6.97. The highest BCUT2D eigenvalue weighted by molar-refractivity contribution is 5.83. The first-order valence-corrected chi connectivity index (χ1v) is 8.22. The zero-order valence-corrected chi connectivity index (χ0v) is 12.3. The monoisotopic (exact) mass is 285 g/mol. The number of rotatable bonds is 2. The highest BCUT2D eigenvalue weighted by Crippen LogP contribution is 2.33. The molecule has 0 radical (unpaired) electrons. The van der Waals surface area contributed by atoms with Gasteiger partial charge in [0.1, 0.15) is 6.04 Å². The van der Waals surface area contributed by atoms with Gasteiger partial charge in [-0.15, -0.1) is 0 Å². The molecule has 0 bridgehead atoms. The second kappa shape index (κ2) is 5.43. The molecule has 21 heavy (non-hydrogen) atoms. The Kier molecular flexibility index (Phi) is 3.43. The normalized spacial score (nSPS) is 34.3. The lowest BCUT2D eigenvalue weighted by Crippen LogP contribution is -2.46. The van der Waals surface area contributed by atoms with Crippen LogP contribution in [-0.4, -0.2) is 18.0 Å². The third kappa shape index (κ3) is 2.36. The first-order chi connectivity index (χ1) is 10.3. The third-order valence-corrected chi connectivity index (χ3v) is 5.40. The van der Waals surface area contributed by atoms with E-state index in [1.54, 1.807) is 0 Å². The molecule has 1 aliphatic heterocycles. The fourth-order valence-corrected chi connectivity index (χ4v) is 4.27. The largest absolute Gasteiger partial charge is 0.348 e. The number of carbonyl (C=O) groups is 1. The van der Waals surface area contributed by atoms with Crippen molar-refractivity contribution in [1.82, 2.24) is 16.2 Å². The summed E-state index contributed by atoms with van der Waals surface area (Å²) >= 11 is 0. The maximum absolute atomic E-state index is 12.7. The van der Waals surface area contributed by atoms with Gasteiger partial charge in [-0.05, 0) is 36.8 Å². The van der Waals surface area contributed by atoms with Crippen LogP contribution in [0.4, 0.5) is 0 Å². The second-order valence-corrected chi connectivity index (χ2v) is 6.62. The van der Waals surface area contributed by atoms with Gasteiger partial charge >= 0.3 is 0 Å². The summed E-state index contributed by atoms with van der Waals surface area (Å²) in [5.74, 6) is 0.619. The molecule has 1 saturated carbocycles. The molecule has 2 aliphatic carbocycles. The highest BCUT2D eigenvalue weighted by atomic mass is 16.2. The van der Waals surface area contributed by atoms with Gasteiger partial charge in [-0.2, -0.15) is 0 Å². The lowest BCUT2D eigenvalue weighted by atomic mass is 9.81. The van der Waals surface area contributed by atoms with E-state index < -0.39 is 0 Å². The first-order valence-electron chi connectivity index (χ1n) is 8.22. The van der Waals surface area contributed by atoms with Crippen molar-refractivity contribution in [2.24, 2.45) is 5.92 Å². The van der Waals surface area contributed by atoms with Crippen LogP contribution < -0.4 is 16.2 Å². The smallest absolute Gasteiger partial charge is 0.239 e. The third-order valence-electron chi connectivity index (χ3n) is 5.40. The molecular weight excluding hydrogens is 262 g/mol. The quantitative estimate of drug-likeness (QED) is 0.777. The number of hydrogen-bond acceptors (Lipinski definition) is 3. The van der Waals surface area contributed by atoms with Crippen molar-refractivity contribution >= 4 is 5.91 Å². The molecule has 2 fully saturated rings. The van der Waals surface area contributed by atoms with Crippen molar-refractivity contribution < 1.29 is 4.79 Å². The number of hydrogen-bond donors (Lipinski definition) is 3. The van der Waals surface area contributed by atoms with E-state index in [2.05, 4.69) is 40.4 Å². The standard InChI is InChI=1S/C17H23N3O/c21-17(16-13-7-3-4-8-15(13)19-20-16)18-14-10-9-11-5-1-2-6-12(11)14/h1-2,5-6,13-16,19-20H,3-4,7-10H2,(H,18,21). The van der Waals surface area contributed by atoms with Crippen LogP contribution in [0.1, 0.15) is 49.3 Å². The summed E-state index contributed by atoms with van der Waals surface area (Å²) in [5.41, 5.74) is 9.24. The highest BCUT2D eigenvalue weighted by Gasteiger charge is 2.41. The second-order valence-electron chi connectivity index (χ2n) is 6.62. The summed E-state index contributed by atoms with van der Waals surface area (Å²) in [5, 5.41) is 3.27. The number of nitrogens with one attached hydrogen (secondary N) is 3. The van der Waals surface area contributed by atoms with Crippen molar-refractivity contribution in [3.8, 4) is 0 Å². The van der Waals surface area contributed by atoms with Gasteiger partial charge in [0.2, 0.25) is 5.91 Å². The van der Waals surface area contributed by atoms with E-state index in [1.165, 1.54) is 30.4 Å². The Bertz CT molecular complexity index is 545. The molecule has 112 valence electrons. The number of amides is 1. The Morgan fingerprint density at radius 1 is 1.10 bits per heavy atom. The molecule has 3 aliphatic rings. The topological polar surface area (TPSA) is 53.2 Å². The van der Waals surface area contributed by atoms with E-state index in [1.807, 2.05) is 0 Å². The van der Waals surface area contributed by atoms with Gasteiger partial charge < -0.3 is 5.32 Å². The molecule has 0 spiro atoms. The Morgan fingerprint density at radius 3 is 2.90 bits per heavy atom. The van der Waals surface area contributed by atoms with Gasteiger partial charge in [0.05, 0.1) is 6.04 Å². The Balaban J connectivity index is 1.45. The van der Waals surface area contributed by atoms with Crippen molar-refractivity contribution in [2.75, 3.05) is 0 Å². The minimum Gasteiger partial charge on any atom is -0.348 e. The summed E-state index contributed by atoms with van der Waals surface area (Å²) in [6, 6.07) is 9.07. The fourth-order valence-electron chi connectivity index (χ4n) is 4.27. The summed E-state index contributed by atoms with van der Waals surface area (Å²) in [6.45, 7) is 0. The van der Waals surface area contributed by atoms with Crippen LogP contribution in [0.15, 0.2) is 24.3 Å². The molecule has 0 aromatic heterocycles. The zero-order valence-electron chi connectivity index (χ0n) is 12.3. The van der Waals surface area contributed by atoms with Gasteiger partial charge in [0, 0.05) is 12.0 Å². The molecule has 3 N–H and O–H groups in total. The van der Waals surface area contributed by atoms with Crippen molar-refractivity contribution in [1.29, 1.82) is 0 Å². The molecule has 4 heteroatoms. The van der Waals surface area contributed by atoms with Crippen molar-refractivity contribution in [2.45, 2.75) is 56.7 Å². The molecule has 1 aromatic rings. The van der Waals surface area contributed by atoms with E-state index in [0.717, 1.165) is 19.3 Å². The number of aryl methyl sites for hydroxylation is 1. The predicted molar refractivity (Wildman–Crippen MR) is 81.5 cm³/mol. The maximum atomic E-state index is 12.7. The van der Waals surface area contributed by atoms with Crippen LogP contribution >= 0.6 is 0 Å². The van der Waals surface area contributed by atoms with Crippen LogP contribution in [0.3, 0.4) is 0 Å². The van der Waals surface area contributed by atoms with Crippen molar-refractivity contribution in [3.63, 3.8) is 0 Å². The molecule has 1 amide bonds. The van der Waals surface area contributed by atoms with E-state index in [9.17, 15) is 4.79 Å². The van der Waals surface area contributed by atoms with E-state index >= 15 is 0 Å². The van der Waals surface area contributed by atoms with E-state index in [4.69, 9.17) is 0 Å². The molecule has 1 saturated heterocycles. The van der Waals surface area contributed by atoms with Gasteiger partial charge in [0.15, 0.2) is 0 Å². The minimum absolute atomic E-state index is 0.0666. The van der Waals surface area contributed by atoms with Crippen LogP contribution in [0.2, 0.25) is 0 Å². The van der Waals surface area contributed by atoms with E-state index in [0.29, 0.717) is 12.0 Å². The van der Waals surface area contributed by atoms with Gasteiger partial charge in [-0.3, -0.25) is 10.2 Å². The number of carbonyl (C=O) groups excluding carboxylic acids is 1. The van der Waals surface area contributed by atoms with Gasteiger partial charge in [-0.1, -0.05) is 37.1 Å². The Hall–Kier alpha value is -1.39. The molecule has 4 nitrogen and oxygen atoms in total. The van der Waals surface area contributed by atoms with E-state index in [-0.39, 0.29) is 18.0 Å². The minimum atomic E-state index is -0.0666. The van der Waals surface area contributed by atoms with Crippen molar-refractivity contribution in [3.05, 3.63) is 35.4 Å². The molecular formula is C17H23N3O. The lowest BCUT2D eigenvalue weighted by molar-refractivity contribution is -0.124. The van der Waals surface area contributed by atoms with Gasteiger partial charge in [0.25, 0.3) is 0 Å². The summed E-state index contributed by atoms with van der Waals surface area (Å²) in [7, 11) is 0. The number of hydrazine groups is 1. The number of benzene rings is 1. The predicted octanol–water partition coefficient (Wildman–Crippen LogP) is 1.83. The summed E-state index contributed by atoms with van der Waals surface area (Å²) < 4.78 is 0. The SMILES string of the molecule is O=C(NC1CCc2ccccc21)C1NNC2CCCCC21. The zero-order chi connectivity index (χ0) is 14.2. The number of fused-ring (bicyclic) bond motifs is 2. The molecule has 1 heterocycles. The maximum Gasteiger partial charge on any atom is 0.239 e. The summed E-state index contributed by atoms with van der Waals surface area (Å²) in [4.78, 5) is 12.7. The molecule has 4 atom stereocenters. The average molecular weight is 285 g/mol. The fraction of sp³-hybridized carbons (Fsp3) is 0.588. The molecule has 1 aromatic carbocycles. The van der Waals surface area contributed by atoms with Crippen LogP contribution in [-0.2, 0) is 11.2 Å².